The number of nitrogens with zero attached hydrogens (tertiary/aromatic N) is 4. The standard InChI is InChI=1S/C25H24F4N4O4/c1-6-11-31(18-9-7-17(26)8-10-18)21(34)19-14-32(23(36)37-24(3,4)5)22(35)33(19)20-13-16(25(27,28)29)12-15(2)30-20/h1,7-10,12-13,19H,11,14H2,2-5H3/t19-/m0/s1. The van der Waals surface area contributed by atoms with Crippen LogP contribution in [0.5, 0.6) is 0 Å². The van der Waals surface area contributed by atoms with E-state index in [0.29, 0.717) is 15.9 Å². The van der Waals surface area contributed by atoms with Crippen molar-refractivity contribution in [2.45, 2.75) is 45.5 Å². The second-order valence-electron chi connectivity index (χ2n) is 9.22. The topological polar surface area (TPSA) is 83.1 Å². The lowest BCUT2D eigenvalue weighted by Crippen LogP contribution is -2.48. The summed E-state index contributed by atoms with van der Waals surface area (Å²) in [7, 11) is 0. The zero-order valence-corrected chi connectivity index (χ0v) is 20.5. The molecule has 2 heterocycles. The molecule has 1 aromatic carbocycles. The largest absolute Gasteiger partial charge is 0.443 e. The first kappa shape index (κ1) is 27.4. The molecular weight excluding hydrogens is 496 g/mol. The van der Waals surface area contributed by atoms with Crippen molar-refractivity contribution in [3.05, 3.63) is 53.5 Å². The van der Waals surface area contributed by atoms with Crippen molar-refractivity contribution in [1.82, 2.24) is 9.88 Å². The fraction of sp³-hybridized carbons (Fsp3) is 0.360. The Balaban J connectivity index is 2.11. The highest BCUT2D eigenvalue weighted by Gasteiger charge is 2.49. The first-order valence-corrected chi connectivity index (χ1v) is 11.0. The number of amides is 4. The number of carbonyl (C=O) groups excluding carboxylic acids is 3. The van der Waals surface area contributed by atoms with Gasteiger partial charge in [-0.05, 0) is 64.1 Å². The van der Waals surface area contributed by atoms with Crippen molar-refractivity contribution >= 4 is 29.5 Å². The number of urea groups is 1. The Labute approximate surface area is 210 Å². The number of hydrogen-bond donors (Lipinski definition) is 0. The fourth-order valence-corrected chi connectivity index (χ4v) is 3.64. The van der Waals surface area contributed by atoms with Crippen LogP contribution in [0.15, 0.2) is 36.4 Å². The van der Waals surface area contributed by atoms with Crippen molar-refractivity contribution in [3.63, 3.8) is 0 Å². The predicted octanol–water partition coefficient (Wildman–Crippen LogP) is 4.76. The Hall–Kier alpha value is -4.14. The summed E-state index contributed by atoms with van der Waals surface area (Å²) in [6.07, 6.45) is -0.437. The van der Waals surface area contributed by atoms with E-state index in [4.69, 9.17) is 11.2 Å². The van der Waals surface area contributed by atoms with E-state index in [9.17, 15) is 31.9 Å². The van der Waals surface area contributed by atoms with Gasteiger partial charge in [-0.25, -0.2) is 23.9 Å². The number of hydrogen-bond acceptors (Lipinski definition) is 5. The van der Waals surface area contributed by atoms with Crippen molar-refractivity contribution in [3.8, 4) is 12.3 Å². The van der Waals surface area contributed by atoms with Gasteiger partial charge in [-0.15, -0.1) is 6.42 Å². The lowest BCUT2D eigenvalue weighted by atomic mass is 10.1. The quantitative estimate of drug-likeness (QED) is 0.429. The molecule has 1 aliphatic heterocycles. The molecule has 0 aliphatic carbocycles. The highest BCUT2D eigenvalue weighted by molar-refractivity contribution is 6.11. The van der Waals surface area contributed by atoms with Gasteiger partial charge < -0.3 is 4.74 Å². The highest BCUT2D eigenvalue weighted by Crippen LogP contribution is 2.34. The number of imide groups is 1. The number of rotatable bonds is 4. The summed E-state index contributed by atoms with van der Waals surface area (Å²) in [6, 6.07) is 3.55. The van der Waals surface area contributed by atoms with Crippen LogP contribution < -0.4 is 9.80 Å². The van der Waals surface area contributed by atoms with Gasteiger partial charge in [0.2, 0.25) is 0 Å². The minimum absolute atomic E-state index is 0.0708. The third-order valence-electron chi connectivity index (χ3n) is 5.17. The van der Waals surface area contributed by atoms with Crippen molar-refractivity contribution in [2.75, 3.05) is 22.9 Å². The summed E-state index contributed by atoms with van der Waals surface area (Å²) in [5.74, 6) is 0.414. The number of anilines is 2. The van der Waals surface area contributed by atoms with Gasteiger partial charge in [0.1, 0.15) is 23.3 Å². The normalized spacial score (nSPS) is 16.0. The molecule has 1 saturated heterocycles. The number of pyridine rings is 1. The van der Waals surface area contributed by atoms with Gasteiger partial charge in [-0.1, -0.05) is 5.92 Å². The van der Waals surface area contributed by atoms with Gasteiger partial charge in [0.15, 0.2) is 0 Å². The molecule has 1 atom stereocenters. The fourth-order valence-electron chi connectivity index (χ4n) is 3.64. The Morgan fingerprint density at radius 1 is 1.19 bits per heavy atom. The molecule has 1 fully saturated rings. The van der Waals surface area contributed by atoms with Gasteiger partial charge in [-0.2, -0.15) is 13.2 Å². The van der Waals surface area contributed by atoms with Crippen molar-refractivity contribution < 1.29 is 36.7 Å². The molecule has 2 aromatic rings. The number of terminal acetylenes is 1. The summed E-state index contributed by atoms with van der Waals surface area (Å²) in [5.41, 5.74) is -1.98. The van der Waals surface area contributed by atoms with Crippen LogP contribution in [0.3, 0.4) is 0 Å². The molecule has 0 bridgehead atoms. The van der Waals surface area contributed by atoms with Crippen LogP contribution in [0.25, 0.3) is 0 Å². The van der Waals surface area contributed by atoms with Crippen LogP contribution >= 0.6 is 0 Å². The molecule has 12 heteroatoms. The van der Waals surface area contributed by atoms with Crippen LogP contribution in [-0.2, 0) is 15.7 Å². The van der Waals surface area contributed by atoms with Crippen molar-refractivity contribution in [1.29, 1.82) is 0 Å². The van der Waals surface area contributed by atoms with Gasteiger partial charge in [0, 0.05) is 11.4 Å². The maximum Gasteiger partial charge on any atom is 0.418 e. The number of halogens is 4. The molecule has 0 radical (unpaired) electrons. The molecule has 1 aromatic heterocycles. The number of benzene rings is 1. The van der Waals surface area contributed by atoms with Gasteiger partial charge in [0.25, 0.3) is 5.91 Å². The zero-order valence-electron chi connectivity index (χ0n) is 20.5. The van der Waals surface area contributed by atoms with E-state index in [-0.39, 0.29) is 17.9 Å². The smallest absolute Gasteiger partial charge is 0.418 e. The number of aryl methyl sites for hydroxylation is 1. The van der Waals surface area contributed by atoms with Crippen molar-refractivity contribution in [2.24, 2.45) is 0 Å². The molecular formula is C25H24F4N4O4. The molecule has 196 valence electrons. The monoisotopic (exact) mass is 520 g/mol. The summed E-state index contributed by atoms with van der Waals surface area (Å²) in [4.78, 5) is 46.2. The van der Waals surface area contributed by atoms with E-state index in [0.717, 1.165) is 23.1 Å². The van der Waals surface area contributed by atoms with Crippen LogP contribution in [0.2, 0.25) is 0 Å². The van der Waals surface area contributed by atoms with Gasteiger partial charge in [-0.3, -0.25) is 14.6 Å². The van der Waals surface area contributed by atoms with E-state index in [1.165, 1.54) is 19.1 Å². The molecule has 3 rings (SSSR count). The zero-order chi connectivity index (χ0) is 27.7. The van der Waals surface area contributed by atoms with E-state index in [2.05, 4.69) is 10.9 Å². The SMILES string of the molecule is C#CCN(C(=O)[C@@H]1CN(C(=O)OC(C)(C)C)C(=O)N1c1cc(C(F)(F)F)cc(C)n1)c1ccc(F)cc1. The van der Waals surface area contributed by atoms with E-state index < -0.39 is 59.6 Å². The minimum Gasteiger partial charge on any atom is -0.443 e. The number of carbonyl (C=O) groups is 3. The molecule has 8 nitrogen and oxygen atoms in total. The van der Waals surface area contributed by atoms with E-state index in [1.54, 1.807) is 20.8 Å². The molecule has 0 N–H and O–H groups in total. The minimum atomic E-state index is -4.76. The van der Waals surface area contributed by atoms with Gasteiger partial charge in [0.05, 0.1) is 18.7 Å². The van der Waals surface area contributed by atoms with E-state index in [1.807, 2.05) is 0 Å². The first-order chi connectivity index (χ1) is 17.1. The van der Waals surface area contributed by atoms with Crippen LogP contribution in [0.1, 0.15) is 32.0 Å². The summed E-state index contributed by atoms with van der Waals surface area (Å²) in [6.45, 7) is 5.13. The maximum atomic E-state index is 13.7. The van der Waals surface area contributed by atoms with Gasteiger partial charge >= 0.3 is 18.3 Å². The first-order valence-electron chi connectivity index (χ1n) is 11.0. The second-order valence-corrected chi connectivity index (χ2v) is 9.22. The third-order valence-corrected chi connectivity index (χ3v) is 5.17. The third kappa shape index (κ3) is 6.17. The molecule has 0 spiro atoms. The molecule has 0 unspecified atom stereocenters. The molecule has 0 saturated carbocycles. The predicted molar refractivity (Wildman–Crippen MR) is 126 cm³/mol. The number of ether oxygens (including phenoxy) is 1. The Morgan fingerprint density at radius 3 is 2.35 bits per heavy atom. The summed E-state index contributed by atoms with van der Waals surface area (Å²) < 4.78 is 59.3. The van der Waals surface area contributed by atoms with Crippen LogP contribution in [-0.4, -0.2) is 52.6 Å². The molecule has 1 aliphatic rings. The lowest BCUT2D eigenvalue weighted by Gasteiger charge is -2.28. The average Bonchev–Trinajstić information content (AvgIpc) is 3.13. The Kier molecular flexibility index (Phi) is 7.48. The highest BCUT2D eigenvalue weighted by atomic mass is 19.4. The second kappa shape index (κ2) is 10.1. The number of aromatic nitrogens is 1. The Morgan fingerprint density at radius 2 is 1.81 bits per heavy atom. The Bertz CT molecular complexity index is 1250. The maximum absolute atomic E-state index is 13.7. The van der Waals surface area contributed by atoms with Crippen LogP contribution in [0, 0.1) is 25.1 Å². The summed E-state index contributed by atoms with van der Waals surface area (Å²) in [5, 5.41) is 0. The van der Waals surface area contributed by atoms with Crippen LogP contribution in [0.4, 0.5) is 38.7 Å². The number of alkyl halides is 3. The lowest BCUT2D eigenvalue weighted by molar-refractivity contribution is -0.137. The van der Waals surface area contributed by atoms with E-state index >= 15 is 0 Å². The molecule has 4 amide bonds. The summed E-state index contributed by atoms with van der Waals surface area (Å²) >= 11 is 0. The average molecular weight is 520 g/mol. The molecule has 37 heavy (non-hydrogen) atoms.